The molecule has 3 amide bonds. The van der Waals surface area contributed by atoms with E-state index in [9.17, 15) is 19.2 Å². The summed E-state index contributed by atoms with van der Waals surface area (Å²) >= 11 is 3.42. The Hall–Kier alpha value is -3.78. The van der Waals surface area contributed by atoms with Crippen LogP contribution in [0.5, 0.6) is 0 Å². The minimum absolute atomic E-state index is 0.163. The quantitative estimate of drug-likeness (QED) is 0.275. The highest BCUT2D eigenvalue weighted by Crippen LogP contribution is 2.45. The fourth-order valence-corrected chi connectivity index (χ4v) is 6.02. The van der Waals surface area contributed by atoms with E-state index in [1.165, 1.54) is 22.6 Å². The van der Waals surface area contributed by atoms with Crippen molar-refractivity contribution in [1.29, 1.82) is 0 Å². The SMILES string of the molecule is CCc1cc(Br)ccc1NC(=O)COC(=O)c1cccc(N2C(=O)[C@H]3C[C@@H](c4ccccc4)CC[C@H]3C2=O)c1. The second-order valence-electron chi connectivity index (χ2n) is 9.98. The fourth-order valence-electron chi connectivity index (χ4n) is 5.61. The lowest BCUT2D eigenvalue weighted by Gasteiger charge is -2.28. The first-order chi connectivity index (χ1) is 18.9. The van der Waals surface area contributed by atoms with Crippen molar-refractivity contribution in [3.8, 4) is 0 Å². The highest BCUT2D eigenvalue weighted by Gasteiger charge is 2.50. The zero-order chi connectivity index (χ0) is 27.5. The third kappa shape index (κ3) is 5.66. The first-order valence-corrected chi connectivity index (χ1v) is 13.9. The van der Waals surface area contributed by atoms with Gasteiger partial charge in [-0.05, 0) is 79.1 Å². The molecule has 7 nitrogen and oxygen atoms in total. The molecule has 0 spiro atoms. The van der Waals surface area contributed by atoms with Gasteiger partial charge in [-0.3, -0.25) is 19.3 Å². The second-order valence-corrected chi connectivity index (χ2v) is 10.9. The Kier molecular flexibility index (Phi) is 7.93. The molecular formula is C31H29BrN2O5. The van der Waals surface area contributed by atoms with Crippen LogP contribution < -0.4 is 10.2 Å². The summed E-state index contributed by atoms with van der Waals surface area (Å²) in [5, 5.41) is 2.77. The van der Waals surface area contributed by atoms with Crippen LogP contribution in [0.15, 0.2) is 77.3 Å². The maximum absolute atomic E-state index is 13.4. The molecular weight excluding hydrogens is 560 g/mol. The molecule has 5 rings (SSSR count). The van der Waals surface area contributed by atoms with E-state index in [1.807, 2.05) is 37.3 Å². The van der Waals surface area contributed by atoms with Gasteiger partial charge in [0.1, 0.15) is 0 Å². The number of esters is 1. The van der Waals surface area contributed by atoms with Crippen molar-refractivity contribution in [2.24, 2.45) is 11.8 Å². The molecule has 0 aromatic heterocycles. The number of carbonyl (C=O) groups is 4. The van der Waals surface area contributed by atoms with E-state index in [0.717, 1.165) is 22.9 Å². The number of amides is 3. The number of benzene rings is 3. The maximum Gasteiger partial charge on any atom is 0.338 e. The summed E-state index contributed by atoms with van der Waals surface area (Å²) in [5.74, 6) is -2.09. The van der Waals surface area contributed by atoms with Crippen molar-refractivity contribution in [2.75, 3.05) is 16.8 Å². The van der Waals surface area contributed by atoms with Crippen LogP contribution in [0.1, 0.15) is 53.6 Å². The van der Waals surface area contributed by atoms with Gasteiger partial charge in [0.25, 0.3) is 5.91 Å². The molecule has 1 saturated carbocycles. The van der Waals surface area contributed by atoms with Crippen molar-refractivity contribution >= 4 is 51.0 Å². The van der Waals surface area contributed by atoms with Crippen LogP contribution in [0.25, 0.3) is 0 Å². The molecule has 0 bridgehead atoms. The number of nitrogens with one attached hydrogen (secondary N) is 1. The number of rotatable bonds is 7. The van der Waals surface area contributed by atoms with E-state index in [4.69, 9.17) is 4.74 Å². The number of fused-ring (bicyclic) bond motifs is 1. The van der Waals surface area contributed by atoms with Crippen molar-refractivity contribution in [3.63, 3.8) is 0 Å². The molecule has 0 radical (unpaired) electrons. The standard InChI is InChI=1S/C31H29BrN2O5/c1-2-19-15-23(32)12-14-27(19)33-28(35)18-39-31(38)22-9-6-10-24(16-22)34-29(36)25-13-11-21(17-26(25)30(34)37)20-7-4-3-5-8-20/h3-10,12,14-16,21,25-26H,2,11,13,17-18H2,1H3,(H,33,35)/t21-,25+,26-/m0/s1. The average Bonchev–Trinajstić information content (AvgIpc) is 3.21. The van der Waals surface area contributed by atoms with E-state index in [0.29, 0.717) is 24.2 Å². The second kappa shape index (κ2) is 11.5. The van der Waals surface area contributed by atoms with Crippen LogP contribution in [0.3, 0.4) is 0 Å². The fraction of sp³-hybridized carbons (Fsp3) is 0.290. The van der Waals surface area contributed by atoms with E-state index in [-0.39, 0.29) is 35.1 Å². The van der Waals surface area contributed by atoms with Crippen molar-refractivity contribution < 1.29 is 23.9 Å². The highest BCUT2D eigenvalue weighted by molar-refractivity contribution is 9.10. The highest BCUT2D eigenvalue weighted by atomic mass is 79.9. The zero-order valence-corrected chi connectivity index (χ0v) is 23.1. The van der Waals surface area contributed by atoms with Gasteiger partial charge in [-0.2, -0.15) is 0 Å². The summed E-state index contributed by atoms with van der Waals surface area (Å²) in [6.45, 7) is 1.52. The number of carbonyl (C=O) groups excluding carboxylic acids is 4. The molecule has 3 aromatic rings. The Morgan fingerprint density at radius 3 is 2.49 bits per heavy atom. The number of aryl methyl sites for hydroxylation is 1. The largest absolute Gasteiger partial charge is 0.452 e. The molecule has 0 unspecified atom stereocenters. The van der Waals surface area contributed by atoms with E-state index in [1.54, 1.807) is 18.2 Å². The van der Waals surface area contributed by atoms with Crippen LogP contribution in [0, 0.1) is 11.8 Å². The average molecular weight is 589 g/mol. The van der Waals surface area contributed by atoms with Gasteiger partial charge in [-0.1, -0.05) is 59.3 Å². The molecule has 3 atom stereocenters. The number of imide groups is 1. The smallest absolute Gasteiger partial charge is 0.338 e. The zero-order valence-electron chi connectivity index (χ0n) is 21.6. The molecule has 1 N–H and O–H groups in total. The first-order valence-electron chi connectivity index (χ1n) is 13.1. The molecule has 8 heteroatoms. The van der Waals surface area contributed by atoms with Crippen LogP contribution in [0.4, 0.5) is 11.4 Å². The van der Waals surface area contributed by atoms with E-state index >= 15 is 0 Å². The molecule has 3 aromatic carbocycles. The van der Waals surface area contributed by atoms with Gasteiger partial charge in [-0.25, -0.2) is 4.79 Å². The molecule has 200 valence electrons. The molecule has 2 fully saturated rings. The van der Waals surface area contributed by atoms with Gasteiger partial charge >= 0.3 is 5.97 Å². The maximum atomic E-state index is 13.4. The summed E-state index contributed by atoms with van der Waals surface area (Å²) in [5.41, 5.74) is 3.31. The first kappa shape index (κ1) is 26.8. The van der Waals surface area contributed by atoms with Crippen LogP contribution in [0.2, 0.25) is 0 Å². The van der Waals surface area contributed by atoms with Gasteiger partial charge in [0.15, 0.2) is 6.61 Å². The minimum atomic E-state index is -0.709. The predicted octanol–water partition coefficient (Wildman–Crippen LogP) is 5.88. The molecule has 1 heterocycles. The Morgan fingerprint density at radius 1 is 0.949 bits per heavy atom. The normalized spacial score (nSPS) is 20.5. The Bertz CT molecular complexity index is 1420. The van der Waals surface area contributed by atoms with Crippen LogP contribution in [-0.2, 0) is 25.5 Å². The number of ether oxygens (including phenoxy) is 1. The molecule has 39 heavy (non-hydrogen) atoms. The number of nitrogens with zero attached hydrogens (tertiary/aromatic N) is 1. The van der Waals surface area contributed by atoms with Gasteiger partial charge in [-0.15, -0.1) is 0 Å². The number of hydrogen-bond acceptors (Lipinski definition) is 5. The summed E-state index contributed by atoms with van der Waals surface area (Å²) in [6, 6.07) is 21.9. The molecule has 2 aliphatic rings. The summed E-state index contributed by atoms with van der Waals surface area (Å²) < 4.78 is 6.15. The van der Waals surface area contributed by atoms with Gasteiger partial charge in [0.2, 0.25) is 11.8 Å². The van der Waals surface area contributed by atoms with Crippen LogP contribution >= 0.6 is 15.9 Å². The summed E-state index contributed by atoms with van der Waals surface area (Å²) in [4.78, 5) is 53.1. The Labute approximate surface area is 235 Å². The Balaban J connectivity index is 1.24. The van der Waals surface area contributed by atoms with Crippen LogP contribution in [-0.4, -0.2) is 30.3 Å². The Morgan fingerprint density at radius 2 is 1.72 bits per heavy atom. The van der Waals surface area contributed by atoms with Gasteiger partial charge in [0.05, 0.1) is 23.1 Å². The third-order valence-electron chi connectivity index (χ3n) is 7.59. The number of anilines is 2. The lowest BCUT2D eigenvalue weighted by Crippen LogP contribution is -2.31. The summed E-state index contributed by atoms with van der Waals surface area (Å²) in [6.07, 6.45) is 2.86. The van der Waals surface area contributed by atoms with Gasteiger partial charge in [0, 0.05) is 10.2 Å². The third-order valence-corrected chi connectivity index (χ3v) is 8.09. The number of halogens is 1. The number of hydrogen-bond donors (Lipinski definition) is 1. The summed E-state index contributed by atoms with van der Waals surface area (Å²) in [7, 11) is 0. The molecule has 1 aliphatic carbocycles. The lowest BCUT2D eigenvalue weighted by atomic mass is 9.73. The monoisotopic (exact) mass is 588 g/mol. The molecule has 1 aliphatic heterocycles. The minimum Gasteiger partial charge on any atom is -0.452 e. The topological polar surface area (TPSA) is 92.8 Å². The lowest BCUT2D eigenvalue weighted by molar-refractivity contribution is -0.122. The van der Waals surface area contributed by atoms with E-state index in [2.05, 4.69) is 33.4 Å². The molecule has 1 saturated heterocycles. The predicted molar refractivity (Wildman–Crippen MR) is 151 cm³/mol. The van der Waals surface area contributed by atoms with Crippen molar-refractivity contribution in [1.82, 2.24) is 0 Å². The van der Waals surface area contributed by atoms with Crippen molar-refractivity contribution in [3.05, 3.63) is 94.0 Å². The van der Waals surface area contributed by atoms with E-state index < -0.39 is 18.5 Å². The van der Waals surface area contributed by atoms with Gasteiger partial charge < -0.3 is 10.1 Å². The van der Waals surface area contributed by atoms with Crippen molar-refractivity contribution in [2.45, 2.75) is 38.5 Å².